The van der Waals surface area contributed by atoms with E-state index in [9.17, 15) is 5.11 Å². The zero-order chi connectivity index (χ0) is 12.3. The second kappa shape index (κ2) is 6.12. The molecular weight excluding hydrogens is 300 g/mol. The Morgan fingerprint density at radius 1 is 1.59 bits per heavy atom. The molecule has 1 saturated heterocycles. The molecule has 1 fully saturated rings. The van der Waals surface area contributed by atoms with Crippen LogP contribution in [0.3, 0.4) is 0 Å². The van der Waals surface area contributed by atoms with Crippen LogP contribution in [-0.2, 0) is 6.42 Å². The summed E-state index contributed by atoms with van der Waals surface area (Å²) < 4.78 is 6.25. The first kappa shape index (κ1) is 13.2. The number of aliphatic hydroxyl groups excluding tert-OH is 1. The van der Waals surface area contributed by atoms with Gasteiger partial charge in [0.1, 0.15) is 5.75 Å². The molecule has 1 aromatic rings. The second-order valence-electron chi connectivity index (χ2n) is 4.35. The molecule has 0 aromatic heterocycles. The lowest BCUT2D eigenvalue weighted by atomic mass is 9.95. The molecule has 2 nitrogen and oxygen atoms in total. The molecular formula is C13H17BrO2S. The quantitative estimate of drug-likeness (QED) is 0.925. The van der Waals surface area contributed by atoms with Gasteiger partial charge >= 0.3 is 0 Å². The second-order valence-corrected chi connectivity index (χ2v) is 6.36. The molecule has 0 saturated carbocycles. The van der Waals surface area contributed by atoms with E-state index in [0.29, 0.717) is 12.3 Å². The normalized spacial score (nSPS) is 21.5. The van der Waals surface area contributed by atoms with Crippen LogP contribution in [0, 0.1) is 5.92 Å². The summed E-state index contributed by atoms with van der Waals surface area (Å²) >= 11 is 5.46. The van der Waals surface area contributed by atoms with Crippen LogP contribution in [0.15, 0.2) is 22.7 Å². The van der Waals surface area contributed by atoms with Crippen LogP contribution in [0.4, 0.5) is 0 Å². The number of thioether (sulfide) groups is 1. The maximum Gasteiger partial charge on any atom is 0.119 e. The molecule has 0 radical (unpaired) electrons. The fraction of sp³-hybridized carbons (Fsp3) is 0.538. The predicted molar refractivity (Wildman–Crippen MR) is 75.8 cm³/mol. The van der Waals surface area contributed by atoms with E-state index in [0.717, 1.165) is 28.0 Å². The lowest BCUT2D eigenvalue weighted by Gasteiger charge is -2.18. The summed E-state index contributed by atoms with van der Waals surface area (Å²) in [5.74, 6) is 3.55. The highest BCUT2D eigenvalue weighted by Crippen LogP contribution is 2.30. The van der Waals surface area contributed by atoms with Crippen molar-refractivity contribution in [2.45, 2.75) is 18.9 Å². The molecule has 2 unspecified atom stereocenters. The molecule has 2 rings (SSSR count). The zero-order valence-electron chi connectivity index (χ0n) is 9.86. The summed E-state index contributed by atoms with van der Waals surface area (Å²) in [5, 5.41) is 10.2. The molecule has 1 N–H and O–H groups in total. The first-order valence-electron chi connectivity index (χ1n) is 5.79. The van der Waals surface area contributed by atoms with Crippen molar-refractivity contribution in [1.29, 1.82) is 0 Å². The molecule has 0 bridgehead atoms. The molecule has 94 valence electrons. The SMILES string of the molecule is COc1ccc(Br)c(CC(O)C2CCSC2)c1. The maximum absolute atomic E-state index is 10.2. The number of ether oxygens (including phenoxy) is 1. The molecule has 0 amide bonds. The average molecular weight is 317 g/mol. The summed E-state index contributed by atoms with van der Waals surface area (Å²) in [6, 6.07) is 5.89. The van der Waals surface area contributed by atoms with Crippen LogP contribution in [0.2, 0.25) is 0 Å². The number of aliphatic hydroxyl groups is 1. The molecule has 4 heteroatoms. The van der Waals surface area contributed by atoms with Crippen molar-refractivity contribution in [3.63, 3.8) is 0 Å². The van der Waals surface area contributed by atoms with Crippen molar-refractivity contribution in [2.24, 2.45) is 5.92 Å². The van der Waals surface area contributed by atoms with E-state index in [4.69, 9.17) is 4.74 Å². The van der Waals surface area contributed by atoms with Gasteiger partial charge in [0.25, 0.3) is 0 Å². The van der Waals surface area contributed by atoms with E-state index in [1.165, 1.54) is 5.75 Å². The summed E-state index contributed by atoms with van der Waals surface area (Å²) in [7, 11) is 1.66. The van der Waals surface area contributed by atoms with Gasteiger partial charge < -0.3 is 9.84 Å². The standard InChI is InChI=1S/C13H17BrO2S/c1-16-11-2-3-12(14)10(6-11)7-13(15)9-4-5-17-8-9/h2-3,6,9,13,15H,4-5,7-8H2,1H3. The number of hydrogen-bond donors (Lipinski definition) is 1. The largest absolute Gasteiger partial charge is 0.497 e. The van der Waals surface area contributed by atoms with Gasteiger partial charge in [-0.3, -0.25) is 0 Å². The van der Waals surface area contributed by atoms with Crippen molar-refractivity contribution in [1.82, 2.24) is 0 Å². The van der Waals surface area contributed by atoms with Crippen molar-refractivity contribution < 1.29 is 9.84 Å². The Labute approximate surface area is 115 Å². The van der Waals surface area contributed by atoms with Gasteiger partial charge in [0.2, 0.25) is 0 Å². The Balaban J connectivity index is 2.06. The monoisotopic (exact) mass is 316 g/mol. The van der Waals surface area contributed by atoms with Gasteiger partial charge in [-0.2, -0.15) is 11.8 Å². The molecule has 1 aromatic carbocycles. The minimum atomic E-state index is -0.242. The smallest absolute Gasteiger partial charge is 0.119 e. The highest BCUT2D eigenvalue weighted by atomic mass is 79.9. The topological polar surface area (TPSA) is 29.5 Å². The van der Waals surface area contributed by atoms with E-state index in [-0.39, 0.29) is 6.10 Å². The van der Waals surface area contributed by atoms with Crippen molar-refractivity contribution in [2.75, 3.05) is 18.6 Å². The van der Waals surface area contributed by atoms with Crippen LogP contribution < -0.4 is 4.74 Å². The number of hydrogen-bond acceptors (Lipinski definition) is 3. The van der Waals surface area contributed by atoms with Crippen molar-refractivity contribution in [3.05, 3.63) is 28.2 Å². The van der Waals surface area contributed by atoms with Crippen LogP contribution in [0.5, 0.6) is 5.75 Å². The number of rotatable bonds is 4. The van der Waals surface area contributed by atoms with E-state index in [2.05, 4.69) is 15.9 Å². The van der Waals surface area contributed by atoms with Gasteiger partial charge in [-0.25, -0.2) is 0 Å². The Morgan fingerprint density at radius 3 is 3.06 bits per heavy atom. The number of halogens is 1. The van der Waals surface area contributed by atoms with Gasteiger partial charge in [0.15, 0.2) is 0 Å². The maximum atomic E-state index is 10.2. The molecule has 1 aliphatic rings. The molecule has 0 aliphatic carbocycles. The Kier molecular flexibility index (Phi) is 4.77. The van der Waals surface area contributed by atoms with Gasteiger partial charge in [0.05, 0.1) is 13.2 Å². The summed E-state index contributed by atoms with van der Waals surface area (Å²) in [6.45, 7) is 0. The van der Waals surface area contributed by atoms with Crippen molar-refractivity contribution >= 4 is 27.7 Å². The third-order valence-corrected chi connectivity index (χ3v) is 5.15. The highest BCUT2D eigenvalue weighted by molar-refractivity contribution is 9.10. The molecule has 17 heavy (non-hydrogen) atoms. The minimum Gasteiger partial charge on any atom is -0.497 e. The van der Waals surface area contributed by atoms with Crippen LogP contribution in [-0.4, -0.2) is 29.8 Å². The van der Waals surface area contributed by atoms with Crippen LogP contribution in [0.1, 0.15) is 12.0 Å². The zero-order valence-corrected chi connectivity index (χ0v) is 12.3. The molecule has 2 atom stereocenters. The van der Waals surface area contributed by atoms with Crippen LogP contribution >= 0.6 is 27.7 Å². The summed E-state index contributed by atoms with van der Waals surface area (Å²) in [4.78, 5) is 0. The summed E-state index contributed by atoms with van der Waals surface area (Å²) in [6.07, 6.45) is 1.59. The van der Waals surface area contributed by atoms with E-state index >= 15 is 0 Å². The lowest BCUT2D eigenvalue weighted by molar-refractivity contribution is 0.120. The number of methoxy groups -OCH3 is 1. The Bertz CT molecular complexity index is 378. The third kappa shape index (κ3) is 3.39. The molecule has 1 aliphatic heterocycles. The van der Waals surface area contributed by atoms with E-state index in [1.54, 1.807) is 7.11 Å². The fourth-order valence-corrected chi connectivity index (χ4v) is 3.82. The first-order valence-corrected chi connectivity index (χ1v) is 7.73. The first-order chi connectivity index (χ1) is 8.20. The summed E-state index contributed by atoms with van der Waals surface area (Å²) in [5.41, 5.74) is 1.12. The van der Waals surface area contributed by atoms with E-state index in [1.807, 2.05) is 30.0 Å². The molecule has 1 heterocycles. The van der Waals surface area contributed by atoms with Crippen LogP contribution in [0.25, 0.3) is 0 Å². The van der Waals surface area contributed by atoms with Gasteiger partial charge in [-0.1, -0.05) is 15.9 Å². The lowest BCUT2D eigenvalue weighted by Crippen LogP contribution is -2.22. The minimum absolute atomic E-state index is 0.242. The molecule has 0 spiro atoms. The van der Waals surface area contributed by atoms with Gasteiger partial charge in [0, 0.05) is 4.47 Å². The van der Waals surface area contributed by atoms with Gasteiger partial charge in [-0.15, -0.1) is 0 Å². The average Bonchev–Trinajstić information content (AvgIpc) is 2.85. The Morgan fingerprint density at radius 2 is 2.41 bits per heavy atom. The van der Waals surface area contributed by atoms with Gasteiger partial charge in [-0.05, 0) is 54.0 Å². The third-order valence-electron chi connectivity index (χ3n) is 3.19. The fourth-order valence-electron chi connectivity index (χ4n) is 2.08. The number of benzene rings is 1. The highest BCUT2D eigenvalue weighted by Gasteiger charge is 2.24. The predicted octanol–water partition coefficient (Wildman–Crippen LogP) is 3.11. The Hall–Kier alpha value is -0.190. The van der Waals surface area contributed by atoms with E-state index < -0.39 is 0 Å². The van der Waals surface area contributed by atoms with Crippen molar-refractivity contribution in [3.8, 4) is 5.75 Å².